The summed E-state index contributed by atoms with van der Waals surface area (Å²) in [5.41, 5.74) is 2.12. The molecule has 0 bridgehead atoms. The zero-order valence-electron chi connectivity index (χ0n) is 12.9. The van der Waals surface area contributed by atoms with Gasteiger partial charge in [0.1, 0.15) is 24.0 Å². The van der Waals surface area contributed by atoms with Crippen molar-refractivity contribution in [1.82, 2.24) is 0 Å². The van der Waals surface area contributed by atoms with Gasteiger partial charge in [0.2, 0.25) is 0 Å². The van der Waals surface area contributed by atoms with E-state index in [1.807, 2.05) is 24.3 Å². The first-order valence-corrected chi connectivity index (χ1v) is 8.54. The zero-order chi connectivity index (χ0) is 17.8. The van der Waals surface area contributed by atoms with Gasteiger partial charge in [0.15, 0.2) is 0 Å². The van der Waals surface area contributed by atoms with Crippen molar-refractivity contribution < 1.29 is 9.53 Å². The van der Waals surface area contributed by atoms with E-state index in [1.54, 1.807) is 30.3 Å². The molecular weight excluding hydrogens is 404 g/mol. The van der Waals surface area contributed by atoms with E-state index < -0.39 is 5.91 Å². The lowest BCUT2D eigenvalue weighted by Gasteiger charge is -2.16. The molecule has 0 aliphatic carbocycles. The van der Waals surface area contributed by atoms with Crippen molar-refractivity contribution in [2.45, 2.75) is 0 Å². The Morgan fingerprint density at radius 3 is 2.88 bits per heavy atom. The number of hydrogen-bond acceptors (Lipinski definition) is 3. The van der Waals surface area contributed by atoms with Crippen molar-refractivity contribution in [3.63, 3.8) is 0 Å². The highest BCUT2D eigenvalue weighted by molar-refractivity contribution is 9.10. The van der Waals surface area contributed by atoms with Crippen LogP contribution >= 0.6 is 27.5 Å². The summed E-state index contributed by atoms with van der Waals surface area (Å²) in [6, 6.07) is 14.5. The molecule has 1 heterocycles. The second-order valence-electron chi connectivity index (χ2n) is 5.29. The summed E-state index contributed by atoms with van der Waals surface area (Å²) in [5, 5.41) is 12.6. The Bertz CT molecular complexity index is 945. The van der Waals surface area contributed by atoms with E-state index in [9.17, 15) is 10.1 Å². The average Bonchev–Trinajstić information content (AvgIpc) is 2.61. The summed E-state index contributed by atoms with van der Waals surface area (Å²) < 4.78 is 6.37. The molecule has 3 rings (SSSR count). The van der Waals surface area contributed by atoms with Crippen LogP contribution in [0.5, 0.6) is 5.75 Å². The first-order valence-electron chi connectivity index (χ1n) is 7.37. The lowest BCUT2D eigenvalue weighted by molar-refractivity contribution is -0.112. The summed E-state index contributed by atoms with van der Waals surface area (Å²) in [6.45, 7) is 0.280. The van der Waals surface area contributed by atoms with Gasteiger partial charge in [-0.1, -0.05) is 23.7 Å². The number of nitrogens with one attached hydrogen (secondary N) is 1. The Labute approximate surface area is 158 Å². The number of hydrogen-bond donors (Lipinski definition) is 1. The first-order chi connectivity index (χ1) is 12.1. The molecule has 2 aromatic carbocycles. The first kappa shape index (κ1) is 17.3. The molecule has 1 aliphatic heterocycles. The standard InChI is InChI=1S/C19H12BrClN2O2/c20-16-3-1-2-4-17(16)23-19(24)14(10-22)8-12-7-13-9-15(21)5-6-18(13)25-11-12/h1-9H,11H2,(H,23,24)/b14-8-. The highest BCUT2D eigenvalue weighted by Crippen LogP contribution is 2.29. The fourth-order valence-corrected chi connectivity index (χ4v) is 2.90. The molecule has 25 heavy (non-hydrogen) atoms. The number of carbonyl (C=O) groups is 1. The molecule has 0 fully saturated rings. The molecule has 0 atom stereocenters. The number of anilines is 1. The van der Waals surface area contributed by atoms with Gasteiger partial charge in [-0.25, -0.2) is 0 Å². The van der Waals surface area contributed by atoms with Gasteiger partial charge in [0, 0.05) is 15.1 Å². The minimum atomic E-state index is -0.479. The minimum Gasteiger partial charge on any atom is -0.488 e. The molecular formula is C19H12BrClN2O2. The molecule has 124 valence electrons. The number of ether oxygens (including phenoxy) is 1. The van der Waals surface area contributed by atoms with E-state index in [-0.39, 0.29) is 12.2 Å². The topological polar surface area (TPSA) is 62.1 Å². The maximum absolute atomic E-state index is 12.4. The Balaban J connectivity index is 1.85. The summed E-state index contributed by atoms with van der Waals surface area (Å²) in [6.07, 6.45) is 3.38. The van der Waals surface area contributed by atoms with Gasteiger partial charge in [0.05, 0.1) is 5.69 Å². The zero-order valence-corrected chi connectivity index (χ0v) is 15.3. The van der Waals surface area contributed by atoms with Crippen LogP contribution < -0.4 is 10.1 Å². The van der Waals surface area contributed by atoms with Gasteiger partial charge in [-0.2, -0.15) is 5.26 Å². The highest BCUT2D eigenvalue weighted by Gasteiger charge is 2.15. The van der Waals surface area contributed by atoms with Crippen LogP contribution in [0.25, 0.3) is 6.08 Å². The van der Waals surface area contributed by atoms with Crippen molar-refractivity contribution in [1.29, 1.82) is 5.26 Å². The summed E-state index contributed by atoms with van der Waals surface area (Å²) in [4.78, 5) is 12.4. The third-order valence-corrected chi connectivity index (χ3v) is 4.45. The molecule has 1 amide bonds. The number of rotatable bonds is 3. The van der Waals surface area contributed by atoms with Gasteiger partial charge >= 0.3 is 0 Å². The van der Waals surface area contributed by atoms with Gasteiger partial charge in [0.25, 0.3) is 5.91 Å². The minimum absolute atomic E-state index is 0.00363. The number of amides is 1. The second kappa shape index (κ2) is 7.56. The highest BCUT2D eigenvalue weighted by atomic mass is 79.9. The predicted octanol–water partition coefficient (Wildman–Crippen LogP) is 4.97. The van der Waals surface area contributed by atoms with Crippen LogP contribution in [0.1, 0.15) is 5.56 Å². The second-order valence-corrected chi connectivity index (χ2v) is 6.58. The van der Waals surface area contributed by atoms with Crippen LogP contribution in [0, 0.1) is 11.3 Å². The SMILES string of the molecule is N#C/C(=C/C1=Cc2cc(Cl)ccc2OC1)C(=O)Nc1ccccc1Br. The van der Waals surface area contributed by atoms with E-state index >= 15 is 0 Å². The Kier molecular flexibility index (Phi) is 5.22. The average molecular weight is 416 g/mol. The quantitative estimate of drug-likeness (QED) is 0.569. The Morgan fingerprint density at radius 1 is 1.32 bits per heavy atom. The van der Waals surface area contributed by atoms with Crippen LogP contribution in [0.2, 0.25) is 5.02 Å². The summed E-state index contributed by atoms with van der Waals surface area (Å²) >= 11 is 9.35. The smallest absolute Gasteiger partial charge is 0.266 e. The van der Waals surface area contributed by atoms with Crippen LogP contribution in [0.4, 0.5) is 5.69 Å². The lowest BCUT2D eigenvalue weighted by atomic mass is 10.0. The molecule has 0 aromatic heterocycles. The van der Waals surface area contributed by atoms with E-state index in [0.29, 0.717) is 16.3 Å². The number of fused-ring (bicyclic) bond motifs is 1. The van der Waals surface area contributed by atoms with Crippen molar-refractivity contribution in [2.24, 2.45) is 0 Å². The van der Waals surface area contributed by atoms with Gasteiger partial charge in [-0.15, -0.1) is 0 Å². The monoisotopic (exact) mass is 414 g/mol. The van der Waals surface area contributed by atoms with E-state index in [1.165, 1.54) is 6.08 Å². The molecule has 0 saturated carbocycles. The van der Waals surface area contributed by atoms with Crippen LogP contribution in [0.15, 0.2) is 64.2 Å². The van der Waals surface area contributed by atoms with Crippen molar-refractivity contribution in [3.8, 4) is 11.8 Å². The van der Waals surface area contributed by atoms with Crippen LogP contribution in [-0.4, -0.2) is 12.5 Å². The number of halogens is 2. The molecule has 0 spiro atoms. The molecule has 0 unspecified atom stereocenters. The normalized spacial score (nSPS) is 13.2. The van der Waals surface area contributed by atoms with Crippen LogP contribution in [0.3, 0.4) is 0 Å². The van der Waals surface area contributed by atoms with Crippen molar-refractivity contribution in [2.75, 3.05) is 11.9 Å². The predicted molar refractivity (Wildman–Crippen MR) is 101 cm³/mol. The van der Waals surface area contributed by atoms with E-state index in [0.717, 1.165) is 15.8 Å². The van der Waals surface area contributed by atoms with E-state index in [2.05, 4.69) is 21.2 Å². The fraction of sp³-hybridized carbons (Fsp3) is 0.0526. The molecule has 0 radical (unpaired) electrons. The molecule has 1 N–H and O–H groups in total. The molecule has 2 aromatic rings. The molecule has 6 heteroatoms. The Morgan fingerprint density at radius 2 is 2.12 bits per heavy atom. The maximum atomic E-state index is 12.4. The molecule has 4 nitrogen and oxygen atoms in total. The maximum Gasteiger partial charge on any atom is 0.266 e. The van der Waals surface area contributed by atoms with E-state index in [4.69, 9.17) is 16.3 Å². The van der Waals surface area contributed by atoms with Crippen molar-refractivity contribution >= 4 is 45.2 Å². The third kappa shape index (κ3) is 4.11. The van der Waals surface area contributed by atoms with Gasteiger partial charge < -0.3 is 10.1 Å². The van der Waals surface area contributed by atoms with Gasteiger partial charge in [-0.3, -0.25) is 4.79 Å². The lowest BCUT2D eigenvalue weighted by Crippen LogP contribution is -2.15. The number of nitrogens with zero attached hydrogens (tertiary/aromatic N) is 1. The largest absolute Gasteiger partial charge is 0.488 e. The summed E-state index contributed by atoms with van der Waals surface area (Å²) in [7, 11) is 0. The number of carbonyl (C=O) groups excluding carboxylic acids is 1. The number of para-hydroxylation sites is 1. The molecule has 0 saturated heterocycles. The molecule has 1 aliphatic rings. The fourth-order valence-electron chi connectivity index (χ4n) is 2.34. The number of nitriles is 1. The summed E-state index contributed by atoms with van der Waals surface area (Å²) in [5.74, 6) is 0.241. The Hall–Kier alpha value is -2.55. The number of benzene rings is 2. The third-order valence-electron chi connectivity index (χ3n) is 3.52. The van der Waals surface area contributed by atoms with Crippen LogP contribution in [-0.2, 0) is 4.79 Å². The van der Waals surface area contributed by atoms with Crippen molar-refractivity contribution in [3.05, 3.63) is 74.7 Å². The van der Waals surface area contributed by atoms with Gasteiger partial charge in [-0.05, 0) is 64.0 Å².